The van der Waals surface area contributed by atoms with Crippen molar-refractivity contribution in [1.82, 2.24) is 0 Å². The van der Waals surface area contributed by atoms with Crippen LogP contribution in [0.25, 0.3) is 0 Å². The monoisotopic (exact) mass is 242 g/mol. The molecule has 15 heavy (non-hydrogen) atoms. The molecule has 0 unspecified atom stereocenters. The summed E-state index contributed by atoms with van der Waals surface area (Å²) in [5, 5.41) is 10.7. The van der Waals surface area contributed by atoms with E-state index in [1.807, 2.05) is 6.07 Å². The molecule has 1 aromatic heterocycles. The molecule has 0 aliphatic carbocycles. The number of hydrogen-bond acceptors (Lipinski definition) is 2. The summed E-state index contributed by atoms with van der Waals surface area (Å²) in [4.78, 5) is 10.8. The first-order chi connectivity index (χ1) is 7.09. The lowest BCUT2D eigenvalue weighted by molar-refractivity contribution is 0.0697. The maximum Gasteiger partial charge on any atom is 0.336 e. The lowest BCUT2D eigenvalue weighted by atomic mass is 10.4. The van der Waals surface area contributed by atoms with Crippen molar-refractivity contribution < 1.29 is 9.90 Å². The number of thiophene rings is 1. The molecule has 2 nitrogen and oxygen atoms in total. The first-order valence-corrected chi connectivity index (χ1v) is 8.92. The van der Waals surface area contributed by atoms with Gasteiger partial charge in [0.1, 0.15) is 0 Å². The van der Waals surface area contributed by atoms with Crippen molar-refractivity contribution in [2.75, 3.05) is 0 Å². The van der Waals surface area contributed by atoms with Gasteiger partial charge in [0.15, 0.2) is 0 Å². The van der Waals surface area contributed by atoms with E-state index in [0.717, 1.165) is 0 Å². The summed E-state index contributed by atoms with van der Waals surface area (Å²) >= 11 is 1.64. The third-order valence-electron chi connectivity index (χ3n) is 3.40. The SMILES string of the molecule is CC[Si](CC)(CC)c1cc(C(=O)O)cs1. The Kier molecular flexibility index (Phi) is 4.10. The van der Waals surface area contributed by atoms with Gasteiger partial charge in [-0.2, -0.15) is 11.3 Å². The Hall–Kier alpha value is -0.613. The number of aromatic carboxylic acids is 1. The van der Waals surface area contributed by atoms with Gasteiger partial charge in [-0.05, 0) is 10.6 Å². The van der Waals surface area contributed by atoms with Crippen molar-refractivity contribution >= 4 is 29.9 Å². The van der Waals surface area contributed by atoms with Gasteiger partial charge >= 0.3 is 5.97 Å². The van der Waals surface area contributed by atoms with Gasteiger partial charge < -0.3 is 5.11 Å². The summed E-state index contributed by atoms with van der Waals surface area (Å²) < 4.78 is 1.35. The third-order valence-corrected chi connectivity index (χ3v) is 11.0. The van der Waals surface area contributed by atoms with Crippen LogP contribution in [-0.2, 0) is 0 Å². The number of carboxylic acids is 1. The second-order valence-electron chi connectivity index (χ2n) is 3.85. The average molecular weight is 242 g/mol. The first kappa shape index (κ1) is 12.5. The minimum absolute atomic E-state index is 0.460. The van der Waals surface area contributed by atoms with Crippen LogP contribution >= 0.6 is 11.3 Å². The molecular weight excluding hydrogens is 224 g/mol. The highest BCUT2D eigenvalue weighted by molar-refractivity contribution is 7.26. The summed E-state index contributed by atoms with van der Waals surface area (Å²) in [7, 11) is -1.36. The van der Waals surface area contributed by atoms with Gasteiger partial charge in [-0.25, -0.2) is 4.79 Å². The molecule has 0 bridgehead atoms. The molecule has 0 atom stereocenters. The van der Waals surface area contributed by atoms with Crippen molar-refractivity contribution in [2.24, 2.45) is 0 Å². The van der Waals surface area contributed by atoms with Gasteiger partial charge in [0, 0.05) is 5.38 Å². The van der Waals surface area contributed by atoms with E-state index in [1.165, 1.54) is 22.6 Å². The fourth-order valence-corrected chi connectivity index (χ4v) is 8.10. The molecule has 0 saturated heterocycles. The van der Waals surface area contributed by atoms with Gasteiger partial charge in [-0.15, -0.1) is 0 Å². The lowest BCUT2D eigenvalue weighted by Crippen LogP contribution is -2.43. The van der Waals surface area contributed by atoms with Crippen molar-refractivity contribution in [3.63, 3.8) is 0 Å². The van der Waals surface area contributed by atoms with Crippen LogP contribution in [0, 0.1) is 0 Å². The highest BCUT2D eigenvalue weighted by Gasteiger charge is 2.31. The summed E-state index contributed by atoms with van der Waals surface area (Å²) in [6, 6.07) is 5.52. The molecule has 0 aromatic carbocycles. The van der Waals surface area contributed by atoms with E-state index in [2.05, 4.69) is 20.8 Å². The summed E-state index contributed by atoms with van der Waals surface area (Å²) in [6.45, 7) is 6.71. The highest BCUT2D eigenvalue weighted by atomic mass is 32.1. The van der Waals surface area contributed by atoms with E-state index in [1.54, 1.807) is 16.7 Å². The van der Waals surface area contributed by atoms with Crippen LogP contribution < -0.4 is 4.50 Å². The average Bonchev–Trinajstić information content (AvgIpc) is 2.71. The Balaban J connectivity index is 3.07. The van der Waals surface area contributed by atoms with Crippen LogP contribution in [0.15, 0.2) is 11.4 Å². The molecule has 0 aliphatic rings. The molecule has 1 heterocycles. The predicted octanol–water partition coefficient (Wildman–Crippen LogP) is 3.16. The molecular formula is C11H18O2SSi. The minimum atomic E-state index is -1.36. The Labute approximate surface area is 96.0 Å². The van der Waals surface area contributed by atoms with Gasteiger partial charge in [0.2, 0.25) is 0 Å². The van der Waals surface area contributed by atoms with Crippen LogP contribution in [-0.4, -0.2) is 19.1 Å². The number of hydrogen-bond donors (Lipinski definition) is 1. The minimum Gasteiger partial charge on any atom is -0.478 e. The molecule has 0 fully saturated rings. The molecule has 0 saturated carbocycles. The molecule has 4 heteroatoms. The number of carbonyl (C=O) groups is 1. The van der Waals surface area contributed by atoms with Crippen molar-refractivity contribution in [1.29, 1.82) is 0 Å². The van der Waals surface area contributed by atoms with Crippen molar-refractivity contribution in [3.8, 4) is 0 Å². The zero-order valence-corrected chi connectivity index (χ0v) is 11.4. The molecule has 84 valence electrons. The third kappa shape index (κ3) is 2.31. The van der Waals surface area contributed by atoms with E-state index >= 15 is 0 Å². The van der Waals surface area contributed by atoms with E-state index in [9.17, 15) is 4.79 Å². The molecule has 1 N–H and O–H groups in total. The Morgan fingerprint density at radius 1 is 1.33 bits per heavy atom. The standard InChI is InChI=1S/C11H18O2SSi/c1-4-15(5-2,6-3)10-7-9(8-14-10)11(12)13/h7-8H,4-6H2,1-3H3,(H,12,13). The fraction of sp³-hybridized carbons (Fsp3) is 0.545. The molecule has 1 aromatic rings. The van der Waals surface area contributed by atoms with Crippen LogP contribution in [0.1, 0.15) is 31.1 Å². The summed E-state index contributed by atoms with van der Waals surface area (Å²) in [5.41, 5.74) is 0.460. The van der Waals surface area contributed by atoms with Gasteiger partial charge in [0.05, 0.1) is 13.6 Å². The molecule has 0 aliphatic heterocycles. The summed E-state index contributed by atoms with van der Waals surface area (Å²) in [6.07, 6.45) is 0. The van der Waals surface area contributed by atoms with Crippen LogP contribution in [0.2, 0.25) is 18.1 Å². The normalized spacial score (nSPS) is 11.7. The van der Waals surface area contributed by atoms with E-state index < -0.39 is 14.0 Å². The molecule has 0 radical (unpaired) electrons. The predicted molar refractivity (Wildman–Crippen MR) is 68.1 cm³/mol. The van der Waals surface area contributed by atoms with Crippen LogP contribution in [0.3, 0.4) is 0 Å². The second kappa shape index (κ2) is 4.94. The van der Waals surface area contributed by atoms with E-state index in [-0.39, 0.29) is 0 Å². The number of carboxylic acid groups (broad SMARTS) is 1. The lowest BCUT2D eigenvalue weighted by Gasteiger charge is -2.26. The molecule has 0 amide bonds. The Morgan fingerprint density at radius 3 is 2.20 bits per heavy atom. The fourth-order valence-electron chi connectivity index (χ4n) is 2.00. The van der Waals surface area contributed by atoms with Crippen molar-refractivity contribution in [2.45, 2.75) is 38.9 Å². The quantitative estimate of drug-likeness (QED) is 0.805. The second-order valence-corrected chi connectivity index (χ2v) is 10.3. The Morgan fingerprint density at radius 2 is 1.87 bits per heavy atom. The smallest absolute Gasteiger partial charge is 0.336 e. The van der Waals surface area contributed by atoms with Gasteiger partial charge in [-0.3, -0.25) is 0 Å². The van der Waals surface area contributed by atoms with Crippen LogP contribution in [0.4, 0.5) is 0 Å². The Bertz CT molecular complexity index is 334. The largest absolute Gasteiger partial charge is 0.478 e. The molecule has 0 spiro atoms. The van der Waals surface area contributed by atoms with Crippen molar-refractivity contribution in [3.05, 3.63) is 17.0 Å². The van der Waals surface area contributed by atoms with Crippen LogP contribution in [0.5, 0.6) is 0 Å². The maximum atomic E-state index is 10.8. The molecule has 1 rings (SSSR count). The topological polar surface area (TPSA) is 37.3 Å². The van der Waals surface area contributed by atoms with E-state index in [4.69, 9.17) is 5.11 Å². The zero-order valence-electron chi connectivity index (χ0n) is 9.54. The maximum absolute atomic E-state index is 10.8. The van der Waals surface area contributed by atoms with Gasteiger partial charge in [-0.1, -0.05) is 38.9 Å². The highest BCUT2D eigenvalue weighted by Crippen LogP contribution is 2.23. The first-order valence-electron chi connectivity index (χ1n) is 5.42. The number of rotatable bonds is 5. The summed E-state index contributed by atoms with van der Waals surface area (Å²) in [5.74, 6) is -0.802. The zero-order chi connectivity index (χ0) is 11.5. The van der Waals surface area contributed by atoms with E-state index in [0.29, 0.717) is 5.56 Å². The van der Waals surface area contributed by atoms with Gasteiger partial charge in [0.25, 0.3) is 0 Å².